The summed E-state index contributed by atoms with van der Waals surface area (Å²) in [6.07, 6.45) is 3.81. The molecule has 0 bridgehead atoms. The number of carbonyl (C=O) groups excluding carboxylic acids is 2. The zero-order chi connectivity index (χ0) is 16.5. The van der Waals surface area contributed by atoms with Gasteiger partial charge in [0.2, 0.25) is 11.8 Å². The molecule has 5 heteroatoms. The van der Waals surface area contributed by atoms with Crippen LogP contribution in [0.5, 0.6) is 0 Å². The van der Waals surface area contributed by atoms with Crippen molar-refractivity contribution in [1.29, 1.82) is 0 Å². The molecule has 1 aliphatic rings. The molecule has 0 aliphatic carbocycles. The summed E-state index contributed by atoms with van der Waals surface area (Å²) >= 11 is 0. The molecule has 0 saturated carbocycles. The maximum absolute atomic E-state index is 12.5. The van der Waals surface area contributed by atoms with Crippen molar-refractivity contribution in [3.63, 3.8) is 0 Å². The van der Waals surface area contributed by atoms with Gasteiger partial charge in [0, 0.05) is 33.2 Å². The molecule has 1 heterocycles. The number of hydrogen-bond acceptors (Lipinski definition) is 3. The van der Waals surface area contributed by atoms with E-state index in [1.165, 1.54) is 0 Å². The topological polar surface area (TPSA) is 58.6 Å². The second kappa shape index (κ2) is 9.30. The smallest absolute Gasteiger partial charge is 0.242 e. The van der Waals surface area contributed by atoms with Gasteiger partial charge in [-0.25, -0.2) is 0 Å². The highest BCUT2D eigenvalue weighted by Crippen LogP contribution is 2.20. The van der Waals surface area contributed by atoms with Crippen LogP contribution < -0.4 is 5.32 Å². The monoisotopic (exact) mass is 318 g/mol. The van der Waals surface area contributed by atoms with Gasteiger partial charge in [-0.15, -0.1) is 0 Å². The van der Waals surface area contributed by atoms with E-state index < -0.39 is 0 Å². The van der Waals surface area contributed by atoms with E-state index in [4.69, 9.17) is 4.74 Å². The molecule has 0 radical (unpaired) electrons. The van der Waals surface area contributed by atoms with E-state index in [0.717, 1.165) is 31.2 Å². The third kappa shape index (κ3) is 5.36. The molecule has 126 valence electrons. The van der Waals surface area contributed by atoms with Crippen molar-refractivity contribution in [2.45, 2.75) is 44.7 Å². The first-order valence-electron chi connectivity index (χ1n) is 8.32. The third-order valence-corrected chi connectivity index (χ3v) is 4.14. The van der Waals surface area contributed by atoms with Crippen molar-refractivity contribution in [2.75, 3.05) is 20.3 Å². The fraction of sp³-hybridized carbons (Fsp3) is 0.556. The van der Waals surface area contributed by atoms with Crippen LogP contribution in [0.25, 0.3) is 0 Å². The lowest BCUT2D eigenvalue weighted by Crippen LogP contribution is -2.48. The molecule has 5 nitrogen and oxygen atoms in total. The number of rotatable bonds is 7. The standard InChI is InChI=1S/C18H26N2O3/c1-23-13-7-12-19-18(22)16-10-5-6-11-17(21)20(16)14-15-8-3-2-4-9-15/h2-4,8-9,16H,5-7,10-14H2,1H3,(H,19,22). The van der Waals surface area contributed by atoms with Crippen LogP contribution in [0.4, 0.5) is 0 Å². The Hall–Kier alpha value is -1.88. The lowest BCUT2D eigenvalue weighted by molar-refractivity contribution is -0.140. The maximum atomic E-state index is 12.5. The highest BCUT2D eigenvalue weighted by molar-refractivity contribution is 5.88. The minimum absolute atomic E-state index is 0.0488. The molecular formula is C18H26N2O3. The normalized spacial score (nSPS) is 18.6. The van der Waals surface area contributed by atoms with Crippen LogP contribution in [-0.2, 0) is 20.9 Å². The number of hydrogen-bond donors (Lipinski definition) is 1. The molecule has 0 aromatic heterocycles. The number of nitrogens with zero attached hydrogens (tertiary/aromatic N) is 1. The summed E-state index contributed by atoms with van der Waals surface area (Å²) in [5.41, 5.74) is 1.06. The summed E-state index contributed by atoms with van der Waals surface area (Å²) in [6, 6.07) is 9.48. The first kappa shape index (κ1) is 17.5. The summed E-state index contributed by atoms with van der Waals surface area (Å²) in [4.78, 5) is 26.7. The molecule has 2 rings (SSSR count). The van der Waals surface area contributed by atoms with Crippen molar-refractivity contribution in [3.8, 4) is 0 Å². The van der Waals surface area contributed by atoms with Gasteiger partial charge in [0.25, 0.3) is 0 Å². The lowest BCUT2D eigenvalue weighted by atomic mass is 10.1. The second-order valence-electron chi connectivity index (χ2n) is 5.91. The number of nitrogens with one attached hydrogen (secondary N) is 1. The minimum atomic E-state index is -0.368. The molecule has 1 saturated heterocycles. The van der Waals surface area contributed by atoms with E-state index in [1.807, 2.05) is 30.3 Å². The molecule has 1 unspecified atom stereocenters. The van der Waals surface area contributed by atoms with Crippen LogP contribution in [-0.4, -0.2) is 43.0 Å². The fourth-order valence-corrected chi connectivity index (χ4v) is 2.88. The molecule has 0 spiro atoms. The van der Waals surface area contributed by atoms with Gasteiger partial charge in [-0.3, -0.25) is 9.59 Å². The molecule has 1 aromatic carbocycles. The van der Waals surface area contributed by atoms with Crippen molar-refractivity contribution in [1.82, 2.24) is 10.2 Å². The Morgan fingerprint density at radius 1 is 1.30 bits per heavy atom. The van der Waals surface area contributed by atoms with Crippen LogP contribution in [0.1, 0.15) is 37.7 Å². The average Bonchev–Trinajstić information content (AvgIpc) is 2.75. The van der Waals surface area contributed by atoms with E-state index in [-0.39, 0.29) is 17.9 Å². The van der Waals surface area contributed by atoms with Crippen LogP contribution >= 0.6 is 0 Å². The van der Waals surface area contributed by atoms with Gasteiger partial charge < -0.3 is 15.0 Å². The Morgan fingerprint density at radius 2 is 2.09 bits per heavy atom. The molecule has 1 aromatic rings. The Morgan fingerprint density at radius 3 is 2.83 bits per heavy atom. The largest absolute Gasteiger partial charge is 0.385 e. The van der Waals surface area contributed by atoms with Gasteiger partial charge in [-0.05, 0) is 24.8 Å². The molecule has 1 aliphatic heterocycles. The zero-order valence-corrected chi connectivity index (χ0v) is 13.8. The lowest BCUT2D eigenvalue weighted by Gasteiger charge is -2.29. The molecule has 1 N–H and O–H groups in total. The summed E-state index contributed by atoms with van der Waals surface area (Å²) in [6.45, 7) is 1.70. The van der Waals surface area contributed by atoms with E-state index in [1.54, 1.807) is 12.0 Å². The van der Waals surface area contributed by atoms with E-state index in [2.05, 4.69) is 5.32 Å². The van der Waals surface area contributed by atoms with Crippen molar-refractivity contribution < 1.29 is 14.3 Å². The number of benzene rings is 1. The number of carbonyl (C=O) groups is 2. The van der Waals surface area contributed by atoms with Gasteiger partial charge >= 0.3 is 0 Å². The molecule has 1 atom stereocenters. The molecular weight excluding hydrogens is 292 g/mol. The van der Waals surface area contributed by atoms with Crippen LogP contribution in [0.15, 0.2) is 30.3 Å². The Labute approximate surface area is 138 Å². The summed E-state index contributed by atoms with van der Waals surface area (Å²) < 4.78 is 4.99. The second-order valence-corrected chi connectivity index (χ2v) is 5.91. The van der Waals surface area contributed by atoms with Gasteiger partial charge in [0.1, 0.15) is 6.04 Å². The minimum Gasteiger partial charge on any atom is -0.385 e. The summed E-state index contributed by atoms with van der Waals surface area (Å²) in [5, 5.41) is 2.94. The highest BCUT2D eigenvalue weighted by Gasteiger charge is 2.31. The van der Waals surface area contributed by atoms with E-state index in [0.29, 0.717) is 26.1 Å². The Bertz CT molecular complexity index is 504. The van der Waals surface area contributed by atoms with Crippen molar-refractivity contribution >= 4 is 11.8 Å². The van der Waals surface area contributed by atoms with Crippen LogP contribution in [0.2, 0.25) is 0 Å². The quantitative estimate of drug-likeness (QED) is 0.783. The number of likely N-dealkylation sites (tertiary alicyclic amines) is 1. The van der Waals surface area contributed by atoms with Gasteiger partial charge in [0.15, 0.2) is 0 Å². The number of amides is 2. The van der Waals surface area contributed by atoms with E-state index in [9.17, 15) is 9.59 Å². The molecule has 2 amide bonds. The van der Waals surface area contributed by atoms with Crippen molar-refractivity contribution in [3.05, 3.63) is 35.9 Å². The first-order valence-corrected chi connectivity index (χ1v) is 8.32. The number of methoxy groups -OCH3 is 1. The van der Waals surface area contributed by atoms with Gasteiger partial charge in [-0.1, -0.05) is 36.8 Å². The predicted octanol–water partition coefficient (Wildman–Crippen LogP) is 2.11. The Kier molecular flexibility index (Phi) is 7.07. The molecule has 1 fully saturated rings. The highest BCUT2D eigenvalue weighted by atomic mass is 16.5. The average molecular weight is 318 g/mol. The first-order chi connectivity index (χ1) is 11.2. The summed E-state index contributed by atoms with van der Waals surface area (Å²) in [7, 11) is 1.65. The third-order valence-electron chi connectivity index (χ3n) is 4.14. The van der Waals surface area contributed by atoms with Crippen LogP contribution in [0.3, 0.4) is 0 Å². The molecule has 23 heavy (non-hydrogen) atoms. The van der Waals surface area contributed by atoms with Crippen molar-refractivity contribution in [2.24, 2.45) is 0 Å². The fourth-order valence-electron chi connectivity index (χ4n) is 2.88. The van der Waals surface area contributed by atoms with E-state index >= 15 is 0 Å². The zero-order valence-electron chi connectivity index (χ0n) is 13.8. The summed E-state index contributed by atoms with van der Waals surface area (Å²) in [5.74, 6) is 0.0238. The van der Waals surface area contributed by atoms with Gasteiger partial charge in [0.05, 0.1) is 0 Å². The maximum Gasteiger partial charge on any atom is 0.242 e. The predicted molar refractivity (Wildman–Crippen MR) is 88.8 cm³/mol. The van der Waals surface area contributed by atoms with Crippen LogP contribution in [0, 0.1) is 0 Å². The Balaban J connectivity index is 2.03. The SMILES string of the molecule is COCCCNC(=O)C1CCCCC(=O)N1Cc1ccccc1. The number of ether oxygens (including phenoxy) is 1. The van der Waals surface area contributed by atoms with Gasteiger partial charge in [-0.2, -0.15) is 0 Å².